The first kappa shape index (κ1) is 34.0. The van der Waals surface area contributed by atoms with E-state index in [1.807, 2.05) is 34.6 Å². The smallest absolute Gasteiger partial charge is 0.386 e. The Balaban J connectivity index is 3.57. The van der Waals surface area contributed by atoms with E-state index in [9.17, 15) is 22.8 Å². The molecule has 0 amide bonds. The number of esters is 3. The van der Waals surface area contributed by atoms with Gasteiger partial charge < -0.3 is 18.9 Å². The second kappa shape index (κ2) is 15.5. The largest absolute Gasteiger partial charge is 0.454 e. The fourth-order valence-corrected chi connectivity index (χ4v) is 6.25. The molecule has 1 aromatic rings. The van der Waals surface area contributed by atoms with Crippen molar-refractivity contribution in [1.82, 2.24) is 0 Å². The van der Waals surface area contributed by atoms with Crippen LogP contribution in [0.5, 0.6) is 0 Å². The molecule has 0 fully saturated rings. The van der Waals surface area contributed by atoms with Crippen LogP contribution in [0.25, 0.3) is 0 Å². The second-order valence-electron chi connectivity index (χ2n) is 9.12. The normalized spacial score (nSPS) is 13.0. The van der Waals surface area contributed by atoms with Crippen LogP contribution in [0.3, 0.4) is 0 Å². The molecule has 12 heteroatoms. The zero-order valence-corrected chi connectivity index (χ0v) is 25.2. The Morgan fingerprint density at radius 2 is 1.24 bits per heavy atom. The van der Waals surface area contributed by atoms with Crippen molar-refractivity contribution in [2.24, 2.45) is 0 Å². The van der Waals surface area contributed by atoms with Gasteiger partial charge in [-0.15, -0.1) is 0 Å². The van der Waals surface area contributed by atoms with E-state index in [4.69, 9.17) is 23.1 Å². The Labute approximate surface area is 227 Å². The van der Waals surface area contributed by atoms with Crippen molar-refractivity contribution in [2.75, 3.05) is 13.0 Å². The molecule has 1 atom stereocenters. The van der Waals surface area contributed by atoms with Crippen LogP contribution in [-0.4, -0.2) is 62.7 Å². The number of ether oxygens (including phenoxy) is 4. The summed E-state index contributed by atoms with van der Waals surface area (Å²) >= 11 is 0. The minimum atomic E-state index is -4.30. The number of hydrogen-bond donors (Lipinski definition) is 0. The minimum absolute atomic E-state index is 0.110. The quantitative estimate of drug-likeness (QED) is 0.116. The van der Waals surface area contributed by atoms with Crippen LogP contribution in [0.15, 0.2) is 29.2 Å². The predicted molar refractivity (Wildman–Crippen MR) is 143 cm³/mol. The minimum Gasteiger partial charge on any atom is -0.386 e. The average Bonchev–Trinajstić information content (AvgIpc) is 2.85. The molecule has 0 radical (unpaired) electrons. The molecule has 0 N–H and O–H groups in total. The van der Waals surface area contributed by atoms with E-state index in [2.05, 4.69) is 0 Å². The zero-order chi connectivity index (χ0) is 29.1. The van der Waals surface area contributed by atoms with Gasteiger partial charge in [0.1, 0.15) is 6.61 Å². The van der Waals surface area contributed by atoms with E-state index < -0.39 is 54.6 Å². The number of benzene rings is 1. The van der Waals surface area contributed by atoms with Gasteiger partial charge in [0.15, 0.2) is 0 Å². The van der Waals surface area contributed by atoms with Crippen LogP contribution >= 0.6 is 7.92 Å². The molecule has 216 valence electrons. The highest BCUT2D eigenvalue weighted by Crippen LogP contribution is 2.46. The molecular weight excluding hydrogens is 535 g/mol. The first-order valence-corrected chi connectivity index (χ1v) is 15.8. The molecule has 0 unspecified atom stereocenters. The molecule has 0 heterocycles. The lowest BCUT2D eigenvalue weighted by molar-refractivity contribution is -0.368. The van der Waals surface area contributed by atoms with Gasteiger partial charge >= 0.3 is 23.9 Å². The van der Waals surface area contributed by atoms with Crippen LogP contribution in [0, 0.1) is 6.92 Å². The number of hydrogen-bond acceptors (Lipinski definition) is 10. The van der Waals surface area contributed by atoms with Crippen molar-refractivity contribution < 1.29 is 45.9 Å². The Morgan fingerprint density at radius 3 is 1.61 bits per heavy atom. The van der Waals surface area contributed by atoms with Crippen LogP contribution in [0.2, 0.25) is 0 Å². The lowest BCUT2D eigenvalue weighted by Gasteiger charge is -2.37. The lowest BCUT2D eigenvalue weighted by Crippen LogP contribution is -2.56. The predicted octanol–water partition coefficient (Wildman–Crippen LogP) is 4.86. The second-order valence-corrected chi connectivity index (χ2v) is 14.1. The summed E-state index contributed by atoms with van der Waals surface area (Å²) < 4.78 is 53.6. The third-order valence-electron chi connectivity index (χ3n) is 5.46. The molecule has 0 spiro atoms. The van der Waals surface area contributed by atoms with Gasteiger partial charge in [0, 0.05) is 19.3 Å². The summed E-state index contributed by atoms with van der Waals surface area (Å²) in [5.41, 5.74) is 1.31. The standard InChI is InChI=1S/C26H41O10PS/c1-9-23(27)34-26(35-24(28)10-2,36-25(29)11-3)22(32-17-37(18(4)5)19(6)7)16-33-38(30,31)21-14-12-20(8)13-15-21/h12-15,18-19,22H,9-11,16-17H2,1-8H3/t22-/m1/s1. The third-order valence-corrected chi connectivity index (χ3v) is 9.86. The number of rotatable bonds is 16. The number of aryl methyl sites for hydroxylation is 1. The lowest BCUT2D eigenvalue weighted by atomic mass is 10.2. The summed E-state index contributed by atoms with van der Waals surface area (Å²) in [7, 11) is -5.07. The van der Waals surface area contributed by atoms with Gasteiger partial charge in [-0.25, -0.2) is 0 Å². The summed E-state index contributed by atoms with van der Waals surface area (Å²) in [4.78, 5) is 37.3. The molecule has 38 heavy (non-hydrogen) atoms. The maximum absolute atomic E-state index is 13.0. The molecule has 0 aromatic heterocycles. The Morgan fingerprint density at radius 1 is 0.816 bits per heavy atom. The van der Waals surface area contributed by atoms with Gasteiger partial charge in [-0.3, -0.25) is 18.6 Å². The Bertz CT molecular complexity index is 967. The number of carbonyl (C=O) groups excluding carboxylic acids is 3. The number of carbonyl (C=O) groups is 3. The topological polar surface area (TPSA) is 132 Å². The molecule has 0 aliphatic carbocycles. The van der Waals surface area contributed by atoms with Crippen LogP contribution < -0.4 is 0 Å². The monoisotopic (exact) mass is 576 g/mol. The van der Waals surface area contributed by atoms with Crippen LogP contribution in [0.1, 0.15) is 73.3 Å². The molecule has 0 aliphatic rings. The van der Waals surface area contributed by atoms with Crippen molar-refractivity contribution in [3.8, 4) is 0 Å². The van der Waals surface area contributed by atoms with Crippen molar-refractivity contribution in [2.45, 2.75) is 103 Å². The highest BCUT2D eigenvalue weighted by atomic mass is 32.2. The third kappa shape index (κ3) is 10.2. The SMILES string of the molecule is CCC(=O)OC(OC(=O)CC)(OC(=O)CC)[C@@H](COS(=O)(=O)c1ccc(C)cc1)OCP(C(C)C)C(C)C. The summed E-state index contributed by atoms with van der Waals surface area (Å²) in [6.07, 6.45) is -1.92. The summed E-state index contributed by atoms with van der Waals surface area (Å²) in [6.45, 7) is 13.7. The fourth-order valence-electron chi connectivity index (χ4n) is 3.20. The van der Waals surface area contributed by atoms with Gasteiger partial charge in [0.05, 0.1) is 11.2 Å². The summed E-state index contributed by atoms with van der Waals surface area (Å²) in [5.74, 6) is -5.27. The van der Waals surface area contributed by atoms with E-state index in [1.54, 1.807) is 12.1 Å². The van der Waals surface area contributed by atoms with Gasteiger partial charge in [-0.2, -0.15) is 8.42 Å². The fraction of sp³-hybridized carbons (Fsp3) is 0.654. The zero-order valence-electron chi connectivity index (χ0n) is 23.5. The molecule has 0 saturated carbocycles. The van der Waals surface area contributed by atoms with E-state index in [1.165, 1.54) is 32.9 Å². The molecule has 1 aromatic carbocycles. The van der Waals surface area contributed by atoms with Gasteiger partial charge in [-0.1, -0.05) is 74.1 Å². The highest BCUT2D eigenvalue weighted by Gasteiger charge is 2.53. The first-order chi connectivity index (χ1) is 17.7. The van der Waals surface area contributed by atoms with E-state index in [0.29, 0.717) is 0 Å². The maximum Gasteiger partial charge on any atom is 0.454 e. The van der Waals surface area contributed by atoms with E-state index in [0.717, 1.165) is 5.56 Å². The van der Waals surface area contributed by atoms with Gasteiger partial charge in [-0.05, 0) is 30.4 Å². The van der Waals surface area contributed by atoms with Crippen molar-refractivity contribution >= 4 is 35.9 Å². The molecule has 0 aliphatic heterocycles. The maximum atomic E-state index is 13.0. The Kier molecular flexibility index (Phi) is 13.9. The van der Waals surface area contributed by atoms with Crippen LogP contribution in [-0.2, 0) is 47.6 Å². The molecule has 0 saturated heterocycles. The van der Waals surface area contributed by atoms with Crippen molar-refractivity contribution in [3.63, 3.8) is 0 Å². The average molecular weight is 577 g/mol. The van der Waals surface area contributed by atoms with E-state index >= 15 is 0 Å². The first-order valence-electron chi connectivity index (χ1n) is 12.7. The van der Waals surface area contributed by atoms with E-state index in [-0.39, 0.29) is 41.8 Å². The highest BCUT2D eigenvalue weighted by molar-refractivity contribution is 7.86. The molecule has 0 bridgehead atoms. The Hall–Kier alpha value is -2.07. The van der Waals surface area contributed by atoms with Gasteiger partial charge in [0.25, 0.3) is 10.1 Å². The summed E-state index contributed by atoms with van der Waals surface area (Å²) in [5, 5.41) is 0. The van der Waals surface area contributed by atoms with Gasteiger partial charge in [0.2, 0.25) is 6.10 Å². The molecule has 10 nitrogen and oxygen atoms in total. The molecule has 1 rings (SSSR count). The molecular formula is C26H41O10PS. The van der Waals surface area contributed by atoms with Crippen molar-refractivity contribution in [3.05, 3.63) is 29.8 Å². The van der Waals surface area contributed by atoms with Crippen molar-refractivity contribution in [1.29, 1.82) is 0 Å². The summed E-state index contributed by atoms with van der Waals surface area (Å²) in [6, 6.07) is 6.00. The van der Waals surface area contributed by atoms with Crippen LogP contribution in [0.4, 0.5) is 0 Å².